The fraction of sp³-hybridized carbons (Fsp3) is 0.192. The molecule has 4 aromatic rings. The Hall–Kier alpha value is -3.41. The smallest absolute Gasteiger partial charge is 0.255 e. The zero-order valence-electron chi connectivity index (χ0n) is 17.3. The third-order valence-corrected chi connectivity index (χ3v) is 5.73. The van der Waals surface area contributed by atoms with Crippen molar-refractivity contribution in [2.45, 2.75) is 6.54 Å². The minimum Gasteiger partial charge on any atom is -0.456 e. The second-order valence-corrected chi connectivity index (χ2v) is 7.83. The maximum absolute atomic E-state index is 12.7. The van der Waals surface area contributed by atoms with Crippen LogP contribution >= 0.6 is 0 Å². The molecule has 0 atom stereocenters. The van der Waals surface area contributed by atoms with E-state index in [0.717, 1.165) is 60.7 Å². The van der Waals surface area contributed by atoms with Crippen LogP contribution in [0.3, 0.4) is 0 Å². The highest BCUT2D eigenvalue weighted by molar-refractivity contribution is 6.06. The number of rotatable bonds is 5. The van der Waals surface area contributed by atoms with Gasteiger partial charge in [-0.25, -0.2) is 0 Å². The second kappa shape index (κ2) is 8.76. The van der Waals surface area contributed by atoms with Crippen molar-refractivity contribution in [1.82, 2.24) is 10.2 Å². The fourth-order valence-electron chi connectivity index (χ4n) is 4.09. The topological polar surface area (TPSA) is 57.5 Å². The standard InChI is InChI=1S/C26H25N3O2/c30-26(19-7-2-1-3-8-19)28-23-11-5-4-10-21(23)25-17-22-20(9-6-12-24(22)31-25)18-29-15-13-27-14-16-29/h1-12,17,27H,13-16,18H2,(H,28,30). The molecule has 1 aliphatic heterocycles. The highest BCUT2D eigenvalue weighted by Crippen LogP contribution is 2.34. The van der Waals surface area contributed by atoms with Crippen LogP contribution in [0.4, 0.5) is 5.69 Å². The van der Waals surface area contributed by atoms with Crippen LogP contribution in [0, 0.1) is 0 Å². The number of hydrogen-bond acceptors (Lipinski definition) is 4. The van der Waals surface area contributed by atoms with Crippen LogP contribution in [0.5, 0.6) is 0 Å². The average molecular weight is 412 g/mol. The Morgan fingerprint density at radius 1 is 0.935 bits per heavy atom. The van der Waals surface area contributed by atoms with Crippen LogP contribution in [-0.2, 0) is 6.54 Å². The molecule has 0 unspecified atom stereocenters. The van der Waals surface area contributed by atoms with E-state index in [-0.39, 0.29) is 5.91 Å². The number of furan rings is 1. The molecular formula is C26H25N3O2. The molecule has 1 aromatic heterocycles. The Balaban J connectivity index is 1.46. The first-order valence-electron chi connectivity index (χ1n) is 10.7. The van der Waals surface area contributed by atoms with E-state index in [1.165, 1.54) is 5.56 Å². The minimum atomic E-state index is -0.136. The molecule has 156 valence electrons. The predicted molar refractivity (Wildman–Crippen MR) is 124 cm³/mol. The zero-order chi connectivity index (χ0) is 21.0. The van der Waals surface area contributed by atoms with Crippen LogP contribution in [0.2, 0.25) is 0 Å². The number of carbonyl (C=O) groups is 1. The van der Waals surface area contributed by atoms with Crippen molar-refractivity contribution in [2.75, 3.05) is 31.5 Å². The van der Waals surface area contributed by atoms with Gasteiger partial charge in [-0.15, -0.1) is 0 Å². The summed E-state index contributed by atoms with van der Waals surface area (Å²) in [5.74, 6) is 0.621. The van der Waals surface area contributed by atoms with Gasteiger partial charge in [0.05, 0.1) is 5.69 Å². The van der Waals surface area contributed by atoms with Gasteiger partial charge in [-0.05, 0) is 42.0 Å². The normalized spacial score (nSPS) is 14.6. The number of carbonyl (C=O) groups excluding carboxylic acids is 1. The molecule has 2 N–H and O–H groups in total. The number of benzene rings is 3. The van der Waals surface area contributed by atoms with E-state index in [1.807, 2.05) is 60.7 Å². The number of amides is 1. The van der Waals surface area contributed by atoms with Crippen LogP contribution in [-0.4, -0.2) is 37.0 Å². The molecule has 0 saturated carbocycles. The average Bonchev–Trinajstić information content (AvgIpc) is 3.26. The lowest BCUT2D eigenvalue weighted by atomic mass is 10.1. The van der Waals surface area contributed by atoms with Gasteiger partial charge in [-0.2, -0.15) is 0 Å². The third-order valence-electron chi connectivity index (χ3n) is 5.73. The molecule has 5 nitrogen and oxygen atoms in total. The quantitative estimate of drug-likeness (QED) is 0.497. The molecule has 31 heavy (non-hydrogen) atoms. The molecule has 1 aliphatic rings. The van der Waals surface area contributed by atoms with Crippen molar-refractivity contribution < 1.29 is 9.21 Å². The van der Waals surface area contributed by atoms with E-state index < -0.39 is 0 Å². The van der Waals surface area contributed by atoms with E-state index in [1.54, 1.807) is 0 Å². The Morgan fingerprint density at radius 2 is 1.71 bits per heavy atom. The molecule has 3 aromatic carbocycles. The van der Waals surface area contributed by atoms with Gasteiger partial charge in [0.25, 0.3) is 5.91 Å². The van der Waals surface area contributed by atoms with Crippen molar-refractivity contribution in [1.29, 1.82) is 0 Å². The summed E-state index contributed by atoms with van der Waals surface area (Å²) in [6.45, 7) is 5.07. The van der Waals surface area contributed by atoms with Gasteiger partial charge >= 0.3 is 0 Å². The monoisotopic (exact) mass is 411 g/mol. The van der Waals surface area contributed by atoms with E-state index in [0.29, 0.717) is 5.56 Å². The highest BCUT2D eigenvalue weighted by Gasteiger charge is 2.16. The maximum Gasteiger partial charge on any atom is 0.255 e. The van der Waals surface area contributed by atoms with Gasteiger partial charge < -0.3 is 15.1 Å². The molecule has 0 spiro atoms. The van der Waals surface area contributed by atoms with E-state index in [2.05, 4.69) is 33.7 Å². The van der Waals surface area contributed by atoms with Gasteiger partial charge in [0.2, 0.25) is 0 Å². The Bertz CT molecular complexity index is 1190. The van der Waals surface area contributed by atoms with E-state index in [9.17, 15) is 4.79 Å². The third kappa shape index (κ3) is 4.24. The Labute approximate surface area is 181 Å². The lowest BCUT2D eigenvalue weighted by Crippen LogP contribution is -2.42. The molecule has 1 saturated heterocycles. The van der Waals surface area contributed by atoms with Crippen molar-refractivity contribution in [3.05, 3.63) is 90.0 Å². The zero-order valence-corrected chi connectivity index (χ0v) is 17.3. The molecule has 5 heteroatoms. The first kappa shape index (κ1) is 19.5. The summed E-state index contributed by atoms with van der Waals surface area (Å²) in [7, 11) is 0. The number of hydrogen-bond donors (Lipinski definition) is 2. The number of piperazine rings is 1. The molecular weight excluding hydrogens is 386 g/mol. The van der Waals surface area contributed by atoms with Gasteiger partial charge in [0.1, 0.15) is 11.3 Å². The highest BCUT2D eigenvalue weighted by atomic mass is 16.3. The number of nitrogens with one attached hydrogen (secondary N) is 2. The lowest BCUT2D eigenvalue weighted by Gasteiger charge is -2.27. The first-order valence-corrected chi connectivity index (χ1v) is 10.7. The van der Waals surface area contributed by atoms with Crippen LogP contribution in [0.1, 0.15) is 15.9 Å². The van der Waals surface area contributed by atoms with Gasteiger partial charge in [-0.1, -0.05) is 42.5 Å². The summed E-state index contributed by atoms with van der Waals surface area (Å²) in [6, 6.07) is 25.3. The van der Waals surface area contributed by atoms with Gasteiger partial charge in [-0.3, -0.25) is 9.69 Å². The summed E-state index contributed by atoms with van der Waals surface area (Å²) in [5.41, 5.74) is 4.36. The summed E-state index contributed by atoms with van der Waals surface area (Å²) < 4.78 is 6.23. The second-order valence-electron chi connectivity index (χ2n) is 7.83. The van der Waals surface area contributed by atoms with Crippen molar-refractivity contribution in [3.8, 4) is 11.3 Å². The summed E-state index contributed by atoms with van der Waals surface area (Å²) in [5, 5.41) is 7.56. The Morgan fingerprint density at radius 3 is 2.55 bits per heavy atom. The molecule has 1 amide bonds. The van der Waals surface area contributed by atoms with Crippen LogP contribution < -0.4 is 10.6 Å². The molecule has 0 radical (unpaired) electrons. The van der Waals surface area contributed by atoms with Gasteiger partial charge in [0.15, 0.2) is 0 Å². The van der Waals surface area contributed by atoms with Crippen molar-refractivity contribution >= 4 is 22.6 Å². The number of nitrogens with zero attached hydrogens (tertiary/aromatic N) is 1. The predicted octanol–water partition coefficient (Wildman–Crippen LogP) is 4.76. The van der Waals surface area contributed by atoms with E-state index >= 15 is 0 Å². The molecule has 1 fully saturated rings. The first-order chi connectivity index (χ1) is 15.3. The lowest BCUT2D eigenvalue weighted by molar-refractivity contribution is 0.102. The maximum atomic E-state index is 12.7. The fourth-order valence-corrected chi connectivity index (χ4v) is 4.09. The molecule has 2 heterocycles. The van der Waals surface area contributed by atoms with Crippen LogP contribution in [0.15, 0.2) is 83.3 Å². The molecule has 5 rings (SSSR count). The van der Waals surface area contributed by atoms with Crippen LogP contribution in [0.25, 0.3) is 22.3 Å². The van der Waals surface area contributed by atoms with Crippen molar-refractivity contribution in [3.63, 3.8) is 0 Å². The molecule has 0 bridgehead atoms. The summed E-state index contributed by atoms with van der Waals surface area (Å²) in [4.78, 5) is 15.2. The summed E-state index contributed by atoms with van der Waals surface area (Å²) >= 11 is 0. The number of anilines is 1. The largest absolute Gasteiger partial charge is 0.456 e. The minimum absolute atomic E-state index is 0.136. The SMILES string of the molecule is O=C(Nc1ccccc1-c1cc2c(CN3CCNCC3)cccc2o1)c1ccccc1. The van der Waals surface area contributed by atoms with E-state index in [4.69, 9.17) is 4.42 Å². The number of fused-ring (bicyclic) bond motifs is 1. The Kier molecular flexibility index (Phi) is 5.52. The molecule has 0 aliphatic carbocycles. The van der Waals surface area contributed by atoms with Crippen molar-refractivity contribution in [2.24, 2.45) is 0 Å². The van der Waals surface area contributed by atoms with Gasteiger partial charge in [0, 0.05) is 49.2 Å². The summed E-state index contributed by atoms with van der Waals surface area (Å²) in [6.07, 6.45) is 0. The number of para-hydroxylation sites is 1.